The van der Waals surface area contributed by atoms with Gasteiger partial charge in [0.1, 0.15) is 6.17 Å². The molecular formula is C20H27FN2O3SSi. The highest BCUT2D eigenvalue weighted by molar-refractivity contribution is 7.86. The first-order chi connectivity index (χ1) is 13.1. The second-order valence-electron chi connectivity index (χ2n) is 8.20. The van der Waals surface area contributed by atoms with E-state index in [0.717, 1.165) is 14.7 Å². The van der Waals surface area contributed by atoms with Crippen molar-refractivity contribution in [1.82, 2.24) is 4.31 Å². The summed E-state index contributed by atoms with van der Waals surface area (Å²) in [7, 11) is -6.91. The molecule has 0 bridgehead atoms. The van der Waals surface area contributed by atoms with E-state index < -0.39 is 30.8 Å². The summed E-state index contributed by atoms with van der Waals surface area (Å²) in [5.74, 6) is 0. The maximum absolute atomic E-state index is 14.9. The maximum Gasteiger partial charge on any atom is 0.277 e. The molecule has 2 atom stereocenters. The van der Waals surface area contributed by atoms with Gasteiger partial charge in [-0.25, -0.2) is 9.53 Å². The quantitative estimate of drug-likeness (QED) is 0.747. The predicted octanol–water partition coefficient (Wildman–Crippen LogP) is 1.79. The zero-order valence-corrected chi connectivity index (χ0v) is 18.2. The van der Waals surface area contributed by atoms with Gasteiger partial charge in [-0.1, -0.05) is 81.4 Å². The van der Waals surface area contributed by atoms with Gasteiger partial charge in [-0.15, -0.1) is 0 Å². The maximum atomic E-state index is 14.9. The molecule has 0 spiro atoms. The number of alkyl halides is 1. The Morgan fingerprint density at radius 3 is 1.82 bits per heavy atom. The highest BCUT2D eigenvalue weighted by Gasteiger charge is 2.54. The van der Waals surface area contributed by atoms with E-state index in [2.05, 4.69) is 20.8 Å². The molecule has 2 N–H and O–H groups in total. The summed E-state index contributed by atoms with van der Waals surface area (Å²) in [5, 5.41) is 6.96. The average Bonchev–Trinajstić information content (AvgIpc) is 3.01. The van der Waals surface area contributed by atoms with Crippen molar-refractivity contribution in [2.75, 3.05) is 13.1 Å². The Hall–Kier alpha value is -1.58. The van der Waals surface area contributed by atoms with Crippen molar-refractivity contribution in [3.05, 3.63) is 60.7 Å². The van der Waals surface area contributed by atoms with Gasteiger partial charge in [0.25, 0.3) is 18.5 Å². The molecule has 8 heteroatoms. The molecule has 28 heavy (non-hydrogen) atoms. The molecule has 0 amide bonds. The predicted molar refractivity (Wildman–Crippen MR) is 112 cm³/mol. The standard InChI is InChI=1S/C20H27FN2O3SSi/c1-20(2,3)28(16-10-6-4-7-11-16,17-12-8-5-9-13-17)26-19-15-23(14-18(19)21)27(22,24)25/h4-13,18-19H,14-15H2,1-3H3,(H2,22,24,25). The smallest absolute Gasteiger partial charge is 0.277 e. The van der Waals surface area contributed by atoms with E-state index in [9.17, 15) is 12.8 Å². The molecule has 3 rings (SSSR count). The highest BCUT2D eigenvalue weighted by atomic mass is 32.2. The summed E-state index contributed by atoms with van der Waals surface area (Å²) in [6.45, 7) is 5.93. The van der Waals surface area contributed by atoms with Crippen molar-refractivity contribution >= 4 is 28.9 Å². The molecule has 0 aliphatic carbocycles. The Morgan fingerprint density at radius 1 is 1.00 bits per heavy atom. The van der Waals surface area contributed by atoms with Crippen molar-refractivity contribution in [2.45, 2.75) is 38.1 Å². The van der Waals surface area contributed by atoms with Gasteiger partial charge >= 0.3 is 0 Å². The number of benzene rings is 2. The summed E-state index contributed by atoms with van der Waals surface area (Å²) in [5.41, 5.74) is 0. The summed E-state index contributed by atoms with van der Waals surface area (Å²) >= 11 is 0. The van der Waals surface area contributed by atoms with E-state index in [1.54, 1.807) is 0 Å². The van der Waals surface area contributed by atoms with Crippen LogP contribution >= 0.6 is 0 Å². The molecule has 152 valence electrons. The minimum atomic E-state index is -3.96. The first kappa shape index (κ1) is 21.1. The topological polar surface area (TPSA) is 72.6 Å². The molecule has 1 aliphatic rings. The van der Waals surface area contributed by atoms with E-state index >= 15 is 0 Å². The van der Waals surface area contributed by atoms with Gasteiger partial charge in [0.05, 0.1) is 6.10 Å². The summed E-state index contributed by atoms with van der Waals surface area (Å²) < 4.78 is 45.9. The van der Waals surface area contributed by atoms with Gasteiger partial charge in [-0.2, -0.15) is 12.7 Å². The molecular weight excluding hydrogens is 395 g/mol. The van der Waals surface area contributed by atoms with Crippen LogP contribution in [0.1, 0.15) is 20.8 Å². The molecule has 1 heterocycles. The van der Waals surface area contributed by atoms with Crippen LogP contribution in [0.2, 0.25) is 5.04 Å². The zero-order chi connectivity index (χ0) is 20.6. The number of hydrogen-bond acceptors (Lipinski definition) is 3. The first-order valence-corrected chi connectivity index (χ1v) is 12.7. The second kappa shape index (κ2) is 7.68. The van der Waals surface area contributed by atoms with Crippen LogP contribution in [-0.4, -0.2) is 46.4 Å². The fourth-order valence-corrected chi connectivity index (χ4v) is 9.33. The normalized spacial score (nSPS) is 21.8. The Bertz CT molecular complexity index is 865. The summed E-state index contributed by atoms with van der Waals surface area (Å²) in [4.78, 5) is 0. The molecule has 0 radical (unpaired) electrons. The lowest BCUT2D eigenvalue weighted by Crippen LogP contribution is -2.68. The zero-order valence-electron chi connectivity index (χ0n) is 16.4. The second-order valence-corrected chi connectivity index (χ2v) is 14.0. The minimum Gasteiger partial charge on any atom is -0.400 e. The third-order valence-corrected chi connectivity index (χ3v) is 11.3. The van der Waals surface area contributed by atoms with Crippen LogP contribution in [0.25, 0.3) is 0 Å². The molecule has 0 saturated carbocycles. The average molecular weight is 423 g/mol. The van der Waals surface area contributed by atoms with Crippen molar-refractivity contribution < 1.29 is 17.2 Å². The molecule has 1 fully saturated rings. The largest absolute Gasteiger partial charge is 0.400 e. The number of nitrogens with zero attached hydrogens (tertiary/aromatic N) is 1. The van der Waals surface area contributed by atoms with Crippen LogP contribution in [-0.2, 0) is 14.6 Å². The Kier molecular flexibility index (Phi) is 5.80. The van der Waals surface area contributed by atoms with E-state index in [1.807, 2.05) is 60.7 Å². The van der Waals surface area contributed by atoms with Crippen molar-refractivity contribution in [2.24, 2.45) is 5.14 Å². The van der Waals surface area contributed by atoms with E-state index in [4.69, 9.17) is 9.56 Å². The van der Waals surface area contributed by atoms with Crippen LogP contribution in [0.3, 0.4) is 0 Å². The van der Waals surface area contributed by atoms with Gasteiger partial charge in [-0.3, -0.25) is 0 Å². The number of nitrogens with two attached hydrogens (primary N) is 1. The van der Waals surface area contributed by atoms with E-state index in [0.29, 0.717) is 0 Å². The van der Waals surface area contributed by atoms with E-state index in [-0.39, 0.29) is 18.1 Å². The molecule has 2 aromatic rings. The molecule has 1 saturated heterocycles. The Balaban J connectivity index is 2.12. The Morgan fingerprint density at radius 2 is 1.46 bits per heavy atom. The SMILES string of the molecule is CC(C)(C)[Si](OC1CN(S(N)(=O)=O)CC1F)(c1ccccc1)c1ccccc1. The van der Waals surface area contributed by atoms with Crippen molar-refractivity contribution in [3.8, 4) is 0 Å². The third-order valence-electron chi connectivity index (χ3n) is 5.27. The molecule has 0 aromatic heterocycles. The fraction of sp³-hybridized carbons (Fsp3) is 0.400. The van der Waals surface area contributed by atoms with Gasteiger partial charge in [-0.05, 0) is 15.4 Å². The number of halogens is 1. The lowest BCUT2D eigenvalue weighted by molar-refractivity contribution is 0.129. The van der Waals surface area contributed by atoms with Crippen LogP contribution in [0.4, 0.5) is 4.39 Å². The van der Waals surface area contributed by atoms with Gasteiger partial charge < -0.3 is 4.43 Å². The fourth-order valence-electron chi connectivity index (χ4n) is 3.94. The lowest BCUT2D eigenvalue weighted by Gasteiger charge is -2.44. The minimum absolute atomic E-state index is 0.0789. The molecule has 2 unspecified atom stereocenters. The van der Waals surface area contributed by atoms with Gasteiger partial charge in [0.15, 0.2) is 0 Å². The summed E-state index contributed by atoms with van der Waals surface area (Å²) in [6.07, 6.45) is -2.30. The molecule has 5 nitrogen and oxygen atoms in total. The summed E-state index contributed by atoms with van der Waals surface area (Å²) in [6, 6.07) is 19.8. The van der Waals surface area contributed by atoms with Crippen molar-refractivity contribution in [3.63, 3.8) is 0 Å². The number of hydrogen-bond donors (Lipinski definition) is 1. The van der Waals surface area contributed by atoms with E-state index in [1.165, 1.54) is 0 Å². The van der Waals surface area contributed by atoms with Crippen molar-refractivity contribution in [1.29, 1.82) is 0 Å². The highest BCUT2D eigenvalue weighted by Crippen LogP contribution is 2.38. The monoisotopic (exact) mass is 422 g/mol. The first-order valence-electron chi connectivity index (χ1n) is 9.26. The number of rotatable bonds is 5. The van der Waals surface area contributed by atoms with Crippen LogP contribution in [0, 0.1) is 0 Å². The Labute approximate surface area is 167 Å². The van der Waals surface area contributed by atoms with Gasteiger partial charge in [0.2, 0.25) is 0 Å². The van der Waals surface area contributed by atoms with Crippen LogP contribution < -0.4 is 15.5 Å². The lowest BCUT2D eigenvalue weighted by atomic mass is 10.2. The van der Waals surface area contributed by atoms with Crippen LogP contribution in [0.15, 0.2) is 60.7 Å². The van der Waals surface area contributed by atoms with Gasteiger partial charge in [0, 0.05) is 13.1 Å². The molecule has 1 aliphatic heterocycles. The van der Waals surface area contributed by atoms with Crippen LogP contribution in [0.5, 0.6) is 0 Å². The third kappa shape index (κ3) is 3.92. The molecule has 2 aromatic carbocycles.